The van der Waals surface area contributed by atoms with E-state index in [1.807, 2.05) is 30.5 Å². The Morgan fingerprint density at radius 1 is 1.21 bits per heavy atom. The van der Waals surface area contributed by atoms with Gasteiger partial charge in [-0.2, -0.15) is 11.3 Å². The van der Waals surface area contributed by atoms with E-state index in [0.717, 1.165) is 43.3 Å². The van der Waals surface area contributed by atoms with Crippen LogP contribution in [0, 0.1) is 0 Å². The third-order valence-corrected chi connectivity index (χ3v) is 5.63. The Morgan fingerprint density at radius 2 is 2.00 bits per heavy atom. The highest BCUT2D eigenvalue weighted by molar-refractivity contribution is 7.98. The number of carbonyl (C=O) groups is 1. The largest absolute Gasteiger partial charge is 0.325 e. The van der Waals surface area contributed by atoms with Crippen molar-refractivity contribution < 1.29 is 4.79 Å². The van der Waals surface area contributed by atoms with Crippen molar-refractivity contribution in [1.82, 2.24) is 9.80 Å². The van der Waals surface area contributed by atoms with Crippen LogP contribution < -0.4 is 5.32 Å². The van der Waals surface area contributed by atoms with E-state index in [4.69, 9.17) is 0 Å². The molecular formula is C18H23N3OS2. The van der Waals surface area contributed by atoms with Gasteiger partial charge in [0.05, 0.1) is 6.54 Å². The SMILES string of the molecule is CSc1cccc(NC(=O)CN2CCN(Cc3ccsc3)CC2)c1. The zero-order chi connectivity index (χ0) is 16.8. The lowest BCUT2D eigenvalue weighted by Gasteiger charge is -2.34. The highest BCUT2D eigenvalue weighted by atomic mass is 32.2. The van der Waals surface area contributed by atoms with Crippen LogP contribution >= 0.6 is 23.1 Å². The third-order valence-electron chi connectivity index (χ3n) is 4.17. The Bertz CT molecular complexity index is 652. The summed E-state index contributed by atoms with van der Waals surface area (Å²) >= 11 is 3.43. The normalized spacial score (nSPS) is 16.2. The monoisotopic (exact) mass is 361 g/mol. The lowest BCUT2D eigenvalue weighted by atomic mass is 10.2. The molecule has 1 aliphatic rings. The van der Waals surface area contributed by atoms with Crippen LogP contribution in [0.15, 0.2) is 46.0 Å². The first kappa shape index (κ1) is 17.5. The summed E-state index contributed by atoms with van der Waals surface area (Å²) in [6, 6.07) is 10.2. The molecule has 1 aliphatic heterocycles. The minimum atomic E-state index is 0.0690. The quantitative estimate of drug-likeness (QED) is 0.802. The number of benzene rings is 1. The van der Waals surface area contributed by atoms with Crippen LogP contribution in [0.2, 0.25) is 0 Å². The van der Waals surface area contributed by atoms with Crippen LogP contribution in [0.4, 0.5) is 5.69 Å². The van der Waals surface area contributed by atoms with E-state index < -0.39 is 0 Å². The molecule has 1 aromatic carbocycles. The van der Waals surface area contributed by atoms with Crippen molar-refractivity contribution in [2.45, 2.75) is 11.4 Å². The van der Waals surface area contributed by atoms with E-state index in [0.29, 0.717) is 6.54 Å². The number of piperazine rings is 1. The van der Waals surface area contributed by atoms with Crippen molar-refractivity contribution >= 4 is 34.7 Å². The highest BCUT2D eigenvalue weighted by Crippen LogP contribution is 2.19. The van der Waals surface area contributed by atoms with Gasteiger partial charge in [-0.25, -0.2) is 0 Å². The molecule has 0 saturated carbocycles. The number of rotatable bonds is 6. The molecule has 0 aliphatic carbocycles. The molecule has 2 aromatic rings. The Hall–Kier alpha value is -1.34. The summed E-state index contributed by atoms with van der Waals surface area (Å²) in [7, 11) is 0. The summed E-state index contributed by atoms with van der Waals surface area (Å²) in [6.07, 6.45) is 2.04. The van der Waals surface area contributed by atoms with Gasteiger partial charge in [0.2, 0.25) is 5.91 Å². The Labute approximate surface area is 151 Å². The van der Waals surface area contributed by atoms with Crippen molar-refractivity contribution in [2.75, 3.05) is 44.3 Å². The van der Waals surface area contributed by atoms with Crippen molar-refractivity contribution in [3.05, 3.63) is 46.7 Å². The summed E-state index contributed by atoms with van der Waals surface area (Å²) in [6.45, 7) is 5.42. The van der Waals surface area contributed by atoms with Gasteiger partial charge >= 0.3 is 0 Å². The molecule has 6 heteroatoms. The number of carbonyl (C=O) groups excluding carboxylic acids is 1. The average Bonchev–Trinajstić information content (AvgIpc) is 3.10. The smallest absolute Gasteiger partial charge is 0.238 e. The molecule has 1 amide bonds. The summed E-state index contributed by atoms with van der Waals surface area (Å²) < 4.78 is 0. The van der Waals surface area contributed by atoms with E-state index in [1.54, 1.807) is 23.1 Å². The van der Waals surface area contributed by atoms with E-state index in [-0.39, 0.29) is 5.91 Å². The molecule has 0 bridgehead atoms. The van der Waals surface area contributed by atoms with Crippen LogP contribution in [0.25, 0.3) is 0 Å². The van der Waals surface area contributed by atoms with Crippen molar-refractivity contribution in [3.8, 4) is 0 Å². The summed E-state index contributed by atoms with van der Waals surface area (Å²) in [5.41, 5.74) is 2.27. The minimum Gasteiger partial charge on any atom is -0.325 e. The maximum Gasteiger partial charge on any atom is 0.238 e. The first-order valence-electron chi connectivity index (χ1n) is 8.12. The number of anilines is 1. The van der Waals surface area contributed by atoms with Crippen molar-refractivity contribution in [1.29, 1.82) is 0 Å². The maximum absolute atomic E-state index is 12.2. The first-order valence-corrected chi connectivity index (χ1v) is 10.3. The molecule has 1 aromatic heterocycles. The van der Waals surface area contributed by atoms with Gasteiger partial charge in [0.15, 0.2) is 0 Å². The predicted molar refractivity (Wildman–Crippen MR) is 103 cm³/mol. The molecule has 4 nitrogen and oxygen atoms in total. The van der Waals surface area contributed by atoms with Crippen LogP contribution in [-0.4, -0.2) is 54.7 Å². The predicted octanol–water partition coefficient (Wildman–Crippen LogP) is 3.23. The fraction of sp³-hybridized carbons (Fsp3) is 0.389. The molecule has 3 rings (SSSR count). The second kappa shape index (κ2) is 8.67. The molecule has 0 radical (unpaired) electrons. The van der Waals surface area contributed by atoms with Crippen LogP contribution in [0.5, 0.6) is 0 Å². The lowest BCUT2D eigenvalue weighted by molar-refractivity contribution is -0.117. The molecule has 1 fully saturated rings. The van der Waals surface area contributed by atoms with Gasteiger partial charge in [0.1, 0.15) is 0 Å². The van der Waals surface area contributed by atoms with Crippen LogP contribution in [0.3, 0.4) is 0 Å². The molecule has 128 valence electrons. The number of nitrogens with zero attached hydrogens (tertiary/aromatic N) is 2. The third kappa shape index (κ3) is 5.08. The van der Waals surface area contributed by atoms with E-state index in [1.165, 1.54) is 5.56 Å². The molecule has 24 heavy (non-hydrogen) atoms. The summed E-state index contributed by atoms with van der Waals surface area (Å²) in [4.78, 5) is 18.1. The number of thiophene rings is 1. The lowest BCUT2D eigenvalue weighted by Crippen LogP contribution is -2.48. The molecule has 1 N–H and O–H groups in total. The molecular weight excluding hydrogens is 338 g/mol. The number of nitrogens with one attached hydrogen (secondary N) is 1. The van der Waals surface area contributed by atoms with Gasteiger partial charge < -0.3 is 5.32 Å². The number of hydrogen-bond donors (Lipinski definition) is 1. The summed E-state index contributed by atoms with van der Waals surface area (Å²) in [5.74, 6) is 0.0690. The fourth-order valence-corrected chi connectivity index (χ4v) is 3.97. The Morgan fingerprint density at radius 3 is 2.71 bits per heavy atom. The molecule has 0 spiro atoms. The second-order valence-electron chi connectivity index (χ2n) is 5.96. The van der Waals surface area contributed by atoms with E-state index in [9.17, 15) is 4.79 Å². The summed E-state index contributed by atoms with van der Waals surface area (Å²) in [5, 5.41) is 7.34. The Kier molecular flexibility index (Phi) is 6.31. The van der Waals surface area contributed by atoms with Gasteiger partial charge in [-0.1, -0.05) is 6.07 Å². The molecule has 2 heterocycles. The highest BCUT2D eigenvalue weighted by Gasteiger charge is 2.19. The van der Waals surface area contributed by atoms with Crippen molar-refractivity contribution in [3.63, 3.8) is 0 Å². The van der Waals surface area contributed by atoms with Gasteiger partial charge in [-0.3, -0.25) is 14.6 Å². The number of hydrogen-bond acceptors (Lipinski definition) is 5. The maximum atomic E-state index is 12.2. The molecule has 1 saturated heterocycles. The molecule has 0 unspecified atom stereocenters. The van der Waals surface area contributed by atoms with Gasteiger partial charge in [-0.05, 0) is 46.8 Å². The van der Waals surface area contributed by atoms with Crippen LogP contribution in [-0.2, 0) is 11.3 Å². The Balaban J connectivity index is 1.42. The van der Waals surface area contributed by atoms with Gasteiger partial charge in [0, 0.05) is 43.3 Å². The number of thioether (sulfide) groups is 1. The van der Waals surface area contributed by atoms with E-state index >= 15 is 0 Å². The van der Waals surface area contributed by atoms with Gasteiger partial charge in [-0.15, -0.1) is 11.8 Å². The standard InChI is InChI=1S/C18H23N3OS2/c1-23-17-4-2-3-16(11-17)19-18(22)13-21-8-6-20(7-9-21)12-15-5-10-24-14-15/h2-5,10-11,14H,6-9,12-13H2,1H3,(H,19,22). The zero-order valence-corrected chi connectivity index (χ0v) is 15.5. The van der Waals surface area contributed by atoms with Gasteiger partial charge in [0.25, 0.3) is 0 Å². The van der Waals surface area contributed by atoms with Crippen LogP contribution in [0.1, 0.15) is 5.56 Å². The number of amides is 1. The van der Waals surface area contributed by atoms with Crippen molar-refractivity contribution in [2.24, 2.45) is 0 Å². The first-order chi connectivity index (χ1) is 11.7. The van der Waals surface area contributed by atoms with E-state index in [2.05, 4.69) is 31.9 Å². The topological polar surface area (TPSA) is 35.6 Å². The average molecular weight is 362 g/mol. The fourth-order valence-electron chi connectivity index (χ4n) is 2.85. The molecule has 0 atom stereocenters. The zero-order valence-electron chi connectivity index (χ0n) is 13.9. The minimum absolute atomic E-state index is 0.0690. The second-order valence-corrected chi connectivity index (χ2v) is 7.62.